The number of nitrogens with zero attached hydrogens (tertiary/aromatic N) is 2. The molecule has 0 aliphatic heterocycles. The van der Waals surface area contributed by atoms with Crippen LogP contribution in [-0.4, -0.2) is 27.2 Å². The van der Waals surface area contributed by atoms with Gasteiger partial charge in [0.25, 0.3) is 5.69 Å². The number of non-ortho nitro benzene ring substituents is 1. The van der Waals surface area contributed by atoms with E-state index in [1.54, 1.807) is 24.4 Å². The number of fused-ring (bicyclic) bond motifs is 1. The molecule has 1 heterocycles. The molecule has 1 aromatic carbocycles. The summed E-state index contributed by atoms with van der Waals surface area (Å²) in [6.07, 6.45) is 4.81. The maximum absolute atomic E-state index is 11.1. The summed E-state index contributed by atoms with van der Waals surface area (Å²) in [5.74, 6) is 0. The number of anilines is 1. The van der Waals surface area contributed by atoms with Crippen molar-refractivity contribution >= 4 is 22.3 Å². The van der Waals surface area contributed by atoms with Crippen molar-refractivity contribution in [1.29, 1.82) is 0 Å². The summed E-state index contributed by atoms with van der Waals surface area (Å²) in [5, 5.41) is 24.6. The Labute approximate surface area is 122 Å². The quantitative estimate of drug-likeness (QED) is 0.669. The second-order valence-electron chi connectivity index (χ2n) is 5.44. The van der Waals surface area contributed by atoms with Crippen molar-refractivity contribution in [1.82, 2.24) is 4.98 Å². The molecule has 0 unspecified atom stereocenters. The number of aliphatic hydroxyl groups is 1. The first-order valence-electron chi connectivity index (χ1n) is 7.12. The molecular formula is C15H17N3O3. The minimum atomic E-state index is -0.384. The fourth-order valence-electron chi connectivity index (χ4n) is 2.87. The summed E-state index contributed by atoms with van der Waals surface area (Å²) in [6.45, 7) is 0. The van der Waals surface area contributed by atoms with Crippen molar-refractivity contribution in [3.8, 4) is 0 Å². The Morgan fingerprint density at radius 3 is 2.71 bits per heavy atom. The van der Waals surface area contributed by atoms with Crippen LogP contribution in [0.15, 0.2) is 30.5 Å². The first-order valence-corrected chi connectivity index (χ1v) is 7.12. The molecule has 1 saturated carbocycles. The lowest BCUT2D eigenvalue weighted by atomic mass is 9.93. The van der Waals surface area contributed by atoms with E-state index in [-0.39, 0.29) is 22.8 Å². The molecule has 2 aromatic rings. The van der Waals surface area contributed by atoms with Crippen LogP contribution < -0.4 is 5.32 Å². The van der Waals surface area contributed by atoms with Crippen LogP contribution >= 0.6 is 0 Å². The molecule has 6 nitrogen and oxygen atoms in total. The molecule has 3 rings (SSSR count). The van der Waals surface area contributed by atoms with Gasteiger partial charge in [-0.3, -0.25) is 15.1 Å². The number of hydrogen-bond acceptors (Lipinski definition) is 5. The van der Waals surface area contributed by atoms with Gasteiger partial charge in [0.15, 0.2) is 0 Å². The highest BCUT2D eigenvalue weighted by atomic mass is 16.6. The minimum absolute atomic E-state index is 0.0720. The molecule has 0 atom stereocenters. The van der Waals surface area contributed by atoms with E-state index in [2.05, 4.69) is 10.3 Å². The van der Waals surface area contributed by atoms with E-state index in [1.165, 1.54) is 6.07 Å². The van der Waals surface area contributed by atoms with Crippen molar-refractivity contribution in [2.24, 2.45) is 0 Å². The molecular weight excluding hydrogens is 270 g/mol. The van der Waals surface area contributed by atoms with Crippen LogP contribution in [-0.2, 0) is 0 Å². The molecule has 0 spiro atoms. The van der Waals surface area contributed by atoms with Crippen molar-refractivity contribution in [3.05, 3.63) is 40.6 Å². The predicted octanol–water partition coefficient (Wildman–Crippen LogP) is 2.86. The summed E-state index contributed by atoms with van der Waals surface area (Å²) in [5.41, 5.74) is 1.51. The van der Waals surface area contributed by atoms with Gasteiger partial charge in [-0.15, -0.1) is 0 Å². The van der Waals surface area contributed by atoms with Gasteiger partial charge >= 0.3 is 0 Å². The number of benzene rings is 1. The first kappa shape index (κ1) is 13.8. The van der Waals surface area contributed by atoms with Gasteiger partial charge in [0.05, 0.1) is 22.1 Å². The van der Waals surface area contributed by atoms with E-state index in [4.69, 9.17) is 0 Å². The summed E-state index contributed by atoms with van der Waals surface area (Å²) >= 11 is 0. The van der Waals surface area contributed by atoms with Gasteiger partial charge in [-0.25, -0.2) is 0 Å². The molecule has 110 valence electrons. The van der Waals surface area contributed by atoms with E-state index in [0.29, 0.717) is 10.9 Å². The van der Waals surface area contributed by atoms with Gasteiger partial charge in [0, 0.05) is 18.3 Å². The number of hydrogen-bond donors (Lipinski definition) is 2. The second-order valence-corrected chi connectivity index (χ2v) is 5.44. The smallest absolute Gasteiger partial charge is 0.278 e. The molecule has 21 heavy (non-hydrogen) atoms. The number of nitro groups is 1. The van der Waals surface area contributed by atoms with Crippen molar-refractivity contribution in [3.63, 3.8) is 0 Å². The fourth-order valence-corrected chi connectivity index (χ4v) is 2.87. The van der Waals surface area contributed by atoms with E-state index in [9.17, 15) is 15.2 Å². The van der Waals surface area contributed by atoms with Gasteiger partial charge in [-0.05, 0) is 43.9 Å². The average Bonchev–Trinajstić information content (AvgIpc) is 2.49. The van der Waals surface area contributed by atoms with Crippen LogP contribution in [0, 0.1) is 10.1 Å². The molecule has 2 N–H and O–H groups in total. The summed E-state index contributed by atoms with van der Waals surface area (Å²) in [7, 11) is 0. The van der Waals surface area contributed by atoms with Gasteiger partial charge in [0.2, 0.25) is 0 Å². The average molecular weight is 287 g/mol. The Kier molecular flexibility index (Phi) is 3.70. The van der Waals surface area contributed by atoms with Gasteiger partial charge in [-0.1, -0.05) is 0 Å². The summed E-state index contributed by atoms with van der Waals surface area (Å²) in [4.78, 5) is 15.0. The molecule has 0 bridgehead atoms. The standard InChI is InChI=1S/C15H17N3O3/c19-11-5-3-10(4-6-11)17-13-7-8-14(18(20)21)12-2-1-9-16-15(12)13/h1-2,7-11,17,19H,3-6H2. The molecule has 1 aliphatic carbocycles. The third kappa shape index (κ3) is 2.80. The first-order chi connectivity index (χ1) is 10.1. The zero-order chi connectivity index (χ0) is 14.8. The maximum atomic E-state index is 11.1. The molecule has 0 amide bonds. The normalized spacial score (nSPS) is 22.1. The lowest BCUT2D eigenvalue weighted by Crippen LogP contribution is -2.28. The Balaban J connectivity index is 1.93. The fraction of sp³-hybridized carbons (Fsp3) is 0.400. The molecule has 1 fully saturated rings. The molecule has 0 saturated heterocycles. The Hall–Kier alpha value is -2.21. The zero-order valence-electron chi connectivity index (χ0n) is 11.5. The van der Waals surface area contributed by atoms with Crippen LogP contribution in [0.5, 0.6) is 0 Å². The number of aliphatic hydroxyl groups excluding tert-OH is 1. The van der Waals surface area contributed by atoms with Gasteiger partial charge < -0.3 is 10.4 Å². The molecule has 1 aliphatic rings. The van der Waals surface area contributed by atoms with Crippen LogP contribution in [0.3, 0.4) is 0 Å². The number of rotatable bonds is 3. The Bertz CT molecular complexity index is 666. The van der Waals surface area contributed by atoms with Crippen molar-refractivity contribution in [2.45, 2.75) is 37.8 Å². The lowest BCUT2D eigenvalue weighted by molar-refractivity contribution is -0.383. The highest BCUT2D eigenvalue weighted by Gasteiger charge is 2.21. The third-order valence-corrected chi connectivity index (χ3v) is 4.00. The zero-order valence-corrected chi connectivity index (χ0v) is 11.5. The van der Waals surface area contributed by atoms with Gasteiger partial charge in [-0.2, -0.15) is 0 Å². The monoisotopic (exact) mass is 287 g/mol. The van der Waals surface area contributed by atoms with E-state index in [0.717, 1.165) is 31.4 Å². The minimum Gasteiger partial charge on any atom is -0.393 e. The molecule has 0 radical (unpaired) electrons. The Morgan fingerprint density at radius 1 is 1.24 bits per heavy atom. The summed E-state index contributed by atoms with van der Waals surface area (Å²) < 4.78 is 0. The van der Waals surface area contributed by atoms with E-state index >= 15 is 0 Å². The SMILES string of the molecule is O=[N+]([O-])c1ccc(NC2CCC(O)CC2)c2ncccc12. The number of nitrogens with one attached hydrogen (secondary N) is 1. The van der Waals surface area contributed by atoms with Crippen molar-refractivity contribution < 1.29 is 10.0 Å². The second kappa shape index (κ2) is 5.65. The maximum Gasteiger partial charge on any atom is 0.278 e. The third-order valence-electron chi connectivity index (χ3n) is 4.00. The number of nitro benzene ring substituents is 1. The lowest BCUT2D eigenvalue weighted by Gasteiger charge is -2.27. The van der Waals surface area contributed by atoms with Crippen LogP contribution in [0.1, 0.15) is 25.7 Å². The predicted molar refractivity (Wildman–Crippen MR) is 80.3 cm³/mol. The molecule has 1 aromatic heterocycles. The molecule has 6 heteroatoms. The summed E-state index contributed by atoms with van der Waals surface area (Å²) in [6, 6.07) is 6.94. The largest absolute Gasteiger partial charge is 0.393 e. The number of pyridine rings is 1. The van der Waals surface area contributed by atoms with E-state index < -0.39 is 0 Å². The van der Waals surface area contributed by atoms with Gasteiger partial charge in [0.1, 0.15) is 5.52 Å². The van der Waals surface area contributed by atoms with Crippen LogP contribution in [0.4, 0.5) is 11.4 Å². The van der Waals surface area contributed by atoms with Crippen LogP contribution in [0.25, 0.3) is 10.9 Å². The number of aromatic nitrogens is 1. The topological polar surface area (TPSA) is 88.3 Å². The van der Waals surface area contributed by atoms with Crippen LogP contribution in [0.2, 0.25) is 0 Å². The highest BCUT2D eigenvalue weighted by molar-refractivity contribution is 5.96. The van der Waals surface area contributed by atoms with Crippen molar-refractivity contribution in [2.75, 3.05) is 5.32 Å². The van der Waals surface area contributed by atoms with E-state index in [1.807, 2.05) is 0 Å². The Morgan fingerprint density at radius 2 is 2.00 bits per heavy atom. The highest BCUT2D eigenvalue weighted by Crippen LogP contribution is 2.31.